The molecule has 1 aliphatic carbocycles. The van der Waals surface area contributed by atoms with E-state index in [1.54, 1.807) is 26.4 Å². The quantitative estimate of drug-likeness (QED) is 0.910. The molecule has 0 aliphatic heterocycles. The van der Waals surface area contributed by atoms with E-state index in [0.29, 0.717) is 11.7 Å². The monoisotopic (exact) mass is 277 g/mol. The van der Waals surface area contributed by atoms with Gasteiger partial charge in [0, 0.05) is 32.4 Å². The Bertz CT molecular complexity index is 462. The first-order chi connectivity index (χ1) is 9.61. The predicted octanol–water partition coefficient (Wildman–Crippen LogP) is 1.69. The van der Waals surface area contributed by atoms with E-state index < -0.39 is 0 Å². The number of hydrogen-bond donors (Lipinski definition) is 1. The van der Waals surface area contributed by atoms with E-state index in [-0.39, 0.29) is 12.0 Å². The third-order valence-corrected chi connectivity index (χ3v) is 3.72. The summed E-state index contributed by atoms with van der Waals surface area (Å²) in [7, 11) is 5.41. The number of nitrogens with one attached hydrogen (secondary N) is 1. The van der Waals surface area contributed by atoms with Crippen LogP contribution in [0, 0.1) is 0 Å². The maximum Gasteiger partial charge on any atom is 0.272 e. The van der Waals surface area contributed by atoms with Gasteiger partial charge >= 0.3 is 0 Å². The molecule has 1 aromatic heterocycles. The van der Waals surface area contributed by atoms with Crippen molar-refractivity contribution in [2.24, 2.45) is 0 Å². The molecular formula is C15H23N3O2. The predicted molar refractivity (Wildman–Crippen MR) is 78.0 cm³/mol. The van der Waals surface area contributed by atoms with E-state index >= 15 is 0 Å². The van der Waals surface area contributed by atoms with Crippen molar-refractivity contribution in [1.29, 1.82) is 0 Å². The fraction of sp³-hybridized carbons (Fsp3) is 0.600. The molecule has 1 fully saturated rings. The molecule has 2 atom stereocenters. The number of nitrogens with zero attached hydrogens (tertiary/aromatic N) is 2. The van der Waals surface area contributed by atoms with Gasteiger partial charge < -0.3 is 15.0 Å². The lowest BCUT2D eigenvalue weighted by Gasteiger charge is -2.31. The summed E-state index contributed by atoms with van der Waals surface area (Å²) >= 11 is 0. The lowest BCUT2D eigenvalue weighted by molar-refractivity contribution is 0.0819. The van der Waals surface area contributed by atoms with Crippen molar-refractivity contribution in [3.8, 4) is 5.75 Å². The number of carbonyl (C=O) groups is 1. The first kappa shape index (κ1) is 14.8. The summed E-state index contributed by atoms with van der Waals surface area (Å²) in [6.07, 6.45) is 6.41. The SMILES string of the molecule is CNC1CCCCC1Oc1ccnc(C(=O)N(C)C)c1. The van der Waals surface area contributed by atoms with Crippen molar-refractivity contribution in [3.05, 3.63) is 24.0 Å². The minimum atomic E-state index is -0.107. The maximum atomic E-state index is 11.9. The molecule has 0 spiro atoms. The Morgan fingerprint density at radius 2 is 2.15 bits per heavy atom. The van der Waals surface area contributed by atoms with E-state index in [2.05, 4.69) is 10.3 Å². The molecule has 110 valence electrons. The first-order valence-electron chi connectivity index (χ1n) is 7.13. The Balaban J connectivity index is 2.09. The van der Waals surface area contributed by atoms with Crippen LogP contribution in [0.25, 0.3) is 0 Å². The fourth-order valence-corrected chi connectivity index (χ4v) is 2.57. The zero-order valence-electron chi connectivity index (χ0n) is 12.4. The molecule has 0 bridgehead atoms. The average Bonchev–Trinajstić information content (AvgIpc) is 2.47. The molecule has 0 aromatic carbocycles. The average molecular weight is 277 g/mol. The van der Waals surface area contributed by atoms with Crippen molar-refractivity contribution in [3.63, 3.8) is 0 Å². The van der Waals surface area contributed by atoms with Gasteiger partial charge in [0.2, 0.25) is 0 Å². The lowest BCUT2D eigenvalue weighted by Crippen LogP contribution is -2.43. The maximum absolute atomic E-state index is 11.9. The second-order valence-corrected chi connectivity index (χ2v) is 5.41. The molecule has 2 unspecified atom stereocenters. The summed E-state index contributed by atoms with van der Waals surface area (Å²) in [6.45, 7) is 0. The summed E-state index contributed by atoms with van der Waals surface area (Å²) in [5.41, 5.74) is 0.421. The molecular weight excluding hydrogens is 254 g/mol. The smallest absolute Gasteiger partial charge is 0.272 e. The van der Waals surface area contributed by atoms with Gasteiger partial charge in [0.1, 0.15) is 17.5 Å². The van der Waals surface area contributed by atoms with Crippen LogP contribution in [0.4, 0.5) is 0 Å². The molecule has 5 heteroatoms. The van der Waals surface area contributed by atoms with E-state index in [0.717, 1.165) is 18.6 Å². The molecule has 1 saturated carbocycles. The minimum absolute atomic E-state index is 0.107. The number of amides is 1. The summed E-state index contributed by atoms with van der Waals surface area (Å²) < 4.78 is 6.06. The van der Waals surface area contributed by atoms with Crippen LogP contribution >= 0.6 is 0 Å². The second-order valence-electron chi connectivity index (χ2n) is 5.41. The number of pyridine rings is 1. The van der Waals surface area contributed by atoms with E-state index in [4.69, 9.17) is 4.74 Å². The van der Waals surface area contributed by atoms with Crippen molar-refractivity contribution in [2.75, 3.05) is 21.1 Å². The number of ether oxygens (including phenoxy) is 1. The molecule has 1 aromatic rings. The summed E-state index contributed by atoms with van der Waals surface area (Å²) in [4.78, 5) is 17.5. The van der Waals surface area contributed by atoms with E-state index in [1.165, 1.54) is 17.7 Å². The van der Waals surface area contributed by atoms with Crippen molar-refractivity contribution < 1.29 is 9.53 Å². The van der Waals surface area contributed by atoms with Gasteiger partial charge in [-0.2, -0.15) is 0 Å². The van der Waals surface area contributed by atoms with Crippen LogP contribution in [0.5, 0.6) is 5.75 Å². The van der Waals surface area contributed by atoms with Gasteiger partial charge in [0.25, 0.3) is 5.91 Å². The first-order valence-corrected chi connectivity index (χ1v) is 7.13. The summed E-state index contributed by atoms with van der Waals surface area (Å²) in [6, 6.07) is 3.92. The topological polar surface area (TPSA) is 54.5 Å². The van der Waals surface area contributed by atoms with Crippen molar-refractivity contribution in [1.82, 2.24) is 15.2 Å². The minimum Gasteiger partial charge on any atom is -0.489 e. The molecule has 1 amide bonds. The molecule has 1 aliphatic rings. The van der Waals surface area contributed by atoms with Gasteiger partial charge in [-0.25, -0.2) is 0 Å². The molecule has 1 heterocycles. The lowest BCUT2D eigenvalue weighted by atomic mass is 9.92. The van der Waals surface area contributed by atoms with Gasteiger partial charge in [-0.1, -0.05) is 6.42 Å². The highest BCUT2D eigenvalue weighted by atomic mass is 16.5. The number of likely N-dealkylation sites (N-methyl/N-ethyl adjacent to an activating group) is 1. The van der Waals surface area contributed by atoms with Gasteiger partial charge in [-0.3, -0.25) is 9.78 Å². The third kappa shape index (κ3) is 3.48. The van der Waals surface area contributed by atoms with E-state index in [1.807, 2.05) is 13.1 Å². The van der Waals surface area contributed by atoms with Crippen LogP contribution in [0.2, 0.25) is 0 Å². The van der Waals surface area contributed by atoms with Crippen LogP contribution < -0.4 is 10.1 Å². The third-order valence-electron chi connectivity index (χ3n) is 3.72. The highest BCUT2D eigenvalue weighted by Crippen LogP contribution is 2.24. The van der Waals surface area contributed by atoms with Crippen molar-refractivity contribution >= 4 is 5.91 Å². The number of hydrogen-bond acceptors (Lipinski definition) is 4. The Hall–Kier alpha value is -1.62. The molecule has 0 saturated heterocycles. The zero-order chi connectivity index (χ0) is 14.5. The van der Waals surface area contributed by atoms with Crippen LogP contribution in [0.15, 0.2) is 18.3 Å². The summed E-state index contributed by atoms with van der Waals surface area (Å²) in [5, 5.41) is 3.31. The molecule has 5 nitrogen and oxygen atoms in total. The van der Waals surface area contributed by atoms with Crippen LogP contribution in [0.3, 0.4) is 0 Å². The number of rotatable bonds is 4. The van der Waals surface area contributed by atoms with E-state index in [9.17, 15) is 4.79 Å². The van der Waals surface area contributed by atoms with Crippen LogP contribution in [0.1, 0.15) is 36.2 Å². The van der Waals surface area contributed by atoms with Gasteiger partial charge in [0.05, 0.1) is 0 Å². The Morgan fingerprint density at radius 3 is 2.85 bits per heavy atom. The Morgan fingerprint density at radius 1 is 1.40 bits per heavy atom. The highest BCUT2D eigenvalue weighted by molar-refractivity contribution is 5.92. The van der Waals surface area contributed by atoms with Crippen molar-refractivity contribution in [2.45, 2.75) is 37.8 Å². The van der Waals surface area contributed by atoms with Crippen LogP contribution in [-0.4, -0.2) is 49.1 Å². The molecule has 2 rings (SSSR count). The van der Waals surface area contributed by atoms with Crippen LogP contribution in [-0.2, 0) is 0 Å². The molecule has 20 heavy (non-hydrogen) atoms. The normalized spacial score (nSPS) is 22.4. The highest BCUT2D eigenvalue weighted by Gasteiger charge is 2.25. The number of aromatic nitrogens is 1. The Kier molecular flexibility index (Phi) is 4.95. The largest absolute Gasteiger partial charge is 0.489 e. The fourth-order valence-electron chi connectivity index (χ4n) is 2.57. The Labute approximate surface area is 120 Å². The van der Waals surface area contributed by atoms with Gasteiger partial charge in [0.15, 0.2) is 0 Å². The van der Waals surface area contributed by atoms with Gasteiger partial charge in [-0.15, -0.1) is 0 Å². The standard InChI is InChI=1S/C15H23N3O2/c1-16-12-6-4-5-7-14(12)20-11-8-9-17-13(10-11)15(19)18(2)3/h8-10,12,14,16H,4-7H2,1-3H3. The summed E-state index contributed by atoms with van der Waals surface area (Å²) in [5.74, 6) is 0.613. The van der Waals surface area contributed by atoms with Gasteiger partial charge in [-0.05, 0) is 32.4 Å². The zero-order valence-corrected chi connectivity index (χ0v) is 12.4. The molecule has 0 radical (unpaired) electrons. The second kappa shape index (κ2) is 6.70. The molecule has 1 N–H and O–H groups in total. The number of carbonyl (C=O) groups excluding carboxylic acids is 1.